The highest BCUT2D eigenvalue weighted by Gasteiger charge is 2.29. The van der Waals surface area contributed by atoms with Gasteiger partial charge < -0.3 is 5.11 Å². The summed E-state index contributed by atoms with van der Waals surface area (Å²) >= 11 is 7.53. The number of carboxylic acids is 1. The van der Waals surface area contributed by atoms with Gasteiger partial charge in [0.05, 0.1) is 10.9 Å². The van der Waals surface area contributed by atoms with Crippen LogP contribution in [0.25, 0.3) is 0 Å². The van der Waals surface area contributed by atoms with E-state index in [2.05, 4.69) is 11.8 Å². The molecule has 17 heavy (non-hydrogen) atoms. The first kappa shape index (κ1) is 12.9. The number of hydrogen-bond donors (Lipinski definition) is 1. The molecular weight excluding hydrogens is 258 g/mol. The van der Waals surface area contributed by atoms with Crippen LogP contribution in [0.4, 0.5) is 0 Å². The van der Waals surface area contributed by atoms with Crippen LogP contribution in [0.3, 0.4) is 0 Å². The fourth-order valence-electron chi connectivity index (χ4n) is 2.24. The van der Waals surface area contributed by atoms with Crippen molar-refractivity contribution in [3.8, 4) is 0 Å². The number of likely N-dealkylation sites (tertiary alicyclic amines) is 1. The first-order valence-corrected chi connectivity index (χ1v) is 7.02. The van der Waals surface area contributed by atoms with Crippen LogP contribution in [0.5, 0.6) is 0 Å². The number of piperidine rings is 1. The predicted octanol–water partition coefficient (Wildman–Crippen LogP) is 3.09. The minimum Gasteiger partial charge on any atom is -0.481 e. The lowest BCUT2D eigenvalue weighted by Gasteiger charge is -2.36. The van der Waals surface area contributed by atoms with Gasteiger partial charge in [-0.25, -0.2) is 0 Å². The van der Waals surface area contributed by atoms with E-state index >= 15 is 0 Å². The second-order valence-corrected chi connectivity index (χ2v) is 6.05. The molecule has 0 bridgehead atoms. The summed E-state index contributed by atoms with van der Waals surface area (Å²) in [5, 5.41) is 11.8. The summed E-state index contributed by atoms with van der Waals surface area (Å²) in [5.74, 6) is -0.896. The SMILES string of the molecule is CC1CCC(C(=O)O)CN1Cc1cc(Cl)cs1. The molecular formula is C12H16ClNO2S. The summed E-state index contributed by atoms with van der Waals surface area (Å²) in [6, 6.07) is 2.41. The predicted molar refractivity (Wildman–Crippen MR) is 69.6 cm³/mol. The lowest BCUT2D eigenvalue weighted by molar-refractivity contribution is -0.144. The van der Waals surface area contributed by atoms with Crippen molar-refractivity contribution in [3.63, 3.8) is 0 Å². The van der Waals surface area contributed by atoms with Gasteiger partial charge in [-0.3, -0.25) is 9.69 Å². The van der Waals surface area contributed by atoms with Crippen LogP contribution in [0, 0.1) is 5.92 Å². The third-order valence-electron chi connectivity index (χ3n) is 3.34. The fraction of sp³-hybridized carbons (Fsp3) is 0.583. The van der Waals surface area contributed by atoms with E-state index in [-0.39, 0.29) is 5.92 Å². The van der Waals surface area contributed by atoms with E-state index < -0.39 is 5.97 Å². The fourth-order valence-corrected chi connectivity index (χ4v) is 3.34. The maximum atomic E-state index is 11.0. The Bertz CT molecular complexity index is 407. The van der Waals surface area contributed by atoms with Crippen LogP contribution in [0.1, 0.15) is 24.6 Å². The molecule has 1 aliphatic rings. The van der Waals surface area contributed by atoms with Gasteiger partial charge in [0.2, 0.25) is 0 Å². The Kier molecular flexibility index (Phi) is 4.07. The Morgan fingerprint density at radius 3 is 3.00 bits per heavy atom. The third-order valence-corrected chi connectivity index (χ3v) is 4.61. The van der Waals surface area contributed by atoms with Gasteiger partial charge in [0.1, 0.15) is 0 Å². The van der Waals surface area contributed by atoms with Crippen LogP contribution in [0.2, 0.25) is 5.02 Å². The van der Waals surface area contributed by atoms with Crippen LogP contribution in [0.15, 0.2) is 11.4 Å². The van der Waals surface area contributed by atoms with Gasteiger partial charge in [-0.15, -0.1) is 11.3 Å². The van der Waals surface area contributed by atoms with Gasteiger partial charge in [-0.2, -0.15) is 0 Å². The molecule has 0 spiro atoms. The Labute approximate surface area is 110 Å². The van der Waals surface area contributed by atoms with E-state index in [9.17, 15) is 4.79 Å². The molecule has 0 saturated carbocycles. The van der Waals surface area contributed by atoms with Gasteiger partial charge >= 0.3 is 5.97 Å². The Morgan fingerprint density at radius 1 is 1.65 bits per heavy atom. The second kappa shape index (κ2) is 5.38. The van der Waals surface area contributed by atoms with Gasteiger partial charge in [-0.1, -0.05) is 11.6 Å². The van der Waals surface area contributed by atoms with Crippen molar-refractivity contribution in [1.29, 1.82) is 0 Å². The minimum atomic E-state index is -0.675. The van der Waals surface area contributed by atoms with E-state index in [1.54, 1.807) is 11.3 Å². The number of thiophene rings is 1. The van der Waals surface area contributed by atoms with E-state index in [1.807, 2.05) is 11.4 Å². The van der Waals surface area contributed by atoms with Crippen LogP contribution >= 0.6 is 22.9 Å². The minimum absolute atomic E-state index is 0.221. The van der Waals surface area contributed by atoms with Crippen molar-refractivity contribution in [2.75, 3.05) is 6.54 Å². The molecule has 1 saturated heterocycles. The third kappa shape index (κ3) is 3.21. The zero-order chi connectivity index (χ0) is 12.4. The topological polar surface area (TPSA) is 40.5 Å². The number of carbonyl (C=O) groups is 1. The molecule has 2 atom stereocenters. The molecule has 5 heteroatoms. The Balaban J connectivity index is 2.00. The molecule has 1 aliphatic heterocycles. The van der Waals surface area contributed by atoms with Gasteiger partial charge in [0.25, 0.3) is 0 Å². The van der Waals surface area contributed by atoms with Gasteiger partial charge in [-0.05, 0) is 25.8 Å². The molecule has 0 radical (unpaired) electrons. The highest BCUT2D eigenvalue weighted by Crippen LogP contribution is 2.26. The molecule has 0 aromatic carbocycles. The Morgan fingerprint density at radius 2 is 2.41 bits per heavy atom. The van der Waals surface area contributed by atoms with Crippen molar-refractivity contribution in [3.05, 3.63) is 21.3 Å². The molecule has 0 amide bonds. The largest absolute Gasteiger partial charge is 0.481 e. The van der Waals surface area contributed by atoms with Crippen LogP contribution in [-0.2, 0) is 11.3 Å². The number of carboxylic acid groups (broad SMARTS) is 1. The van der Waals surface area contributed by atoms with Crippen molar-refractivity contribution in [2.45, 2.75) is 32.4 Å². The molecule has 3 nitrogen and oxygen atoms in total. The monoisotopic (exact) mass is 273 g/mol. The van der Waals surface area contributed by atoms with E-state index in [0.717, 1.165) is 24.4 Å². The number of halogens is 1. The molecule has 0 aliphatic carbocycles. The highest BCUT2D eigenvalue weighted by atomic mass is 35.5. The van der Waals surface area contributed by atoms with Crippen molar-refractivity contribution < 1.29 is 9.90 Å². The van der Waals surface area contributed by atoms with E-state index in [0.29, 0.717) is 12.6 Å². The number of rotatable bonds is 3. The summed E-state index contributed by atoms with van der Waals surface area (Å²) in [6.07, 6.45) is 1.74. The van der Waals surface area contributed by atoms with E-state index in [4.69, 9.17) is 16.7 Å². The molecule has 2 heterocycles. The zero-order valence-corrected chi connectivity index (χ0v) is 11.3. The Hall–Kier alpha value is -0.580. The van der Waals surface area contributed by atoms with Gasteiger partial charge in [0.15, 0.2) is 0 Å². The highest BCUT2D eigenvalue weighted by molar-refractivity contribution is 7.10. The summed E-state index contributed by atoms with van der Waals surface area (Å²) < 4.78 is 0. The number of hydrogen-bond acceptors (Lipinski definition) is 3. The van der Waals surface area contributed by atoms with Crippen molar-refractivity contribution in [1.82, 2.24) is 4.90 Å². The molecule has 2 unspecified atom stereocenters. The quantitative estimate of drug-likeness (QED) is 0.920. The van der Waals surface area contributed by atoms with Crippen molar-refractivity contribution >= 4 is 28.9 Å². The maximum Gasteiger partial charge on any atom is 0.307 e. The summed E-state index contributed by atoms with van der Waals surface area (Å²) in [4.78, 5) is 14.5. The average Bonchev–Trinajstić information content (AvgIpc) is 2.67. The average molecular weight is 274 g/mol. The first-order chi connectivity index (χ1) is 8.06. The first-order valence-electron chi connectivity index (χ1n) is 5.76. The van der Waals surface area contributed by atoms with Gasteiger partial charge in [0, 0.05) is 29.4 Å². The summed E-state index contributed by atoms with van der Waals surface area (Å²) in [5.41, 5.74) is 0. The summed E-state index contributed by atoms with van der Waals surface area (Å²) in [7, 11) is 0. The lowest BCUT2D eigenvalue weighted by Crippen LogP contribution is -2.43. The molecule has 1 aromatic rings. The molecule has 1 fully saturated rings. The molecule has 2 rings (SSSR count). The summed E-state index contributed by atoms with van der Waals surface area (Å²) in [6.45, 7) is 3.61. The smallest absolute Gasteiger partial charge is 0.307 e. The number of aliphatic carboxylic acids is 1. The molecule has 1 aromatic heterocycles. The standard InChI is InChI=1S/C12H16ClNO2S/c1-8-2-3-9(12(15)16)5-14(8)6-11-4-10(13)7-17-11/h4,7-9H,2-3,5-6H2,1H3,(H,15,16). The van der Waals surface area contributed by atoms with Crippen LogP contribution < -0.4 is 0 Å². The second-order valence-electron chi connectivity index (χ2n) is 4.62. The molecule has 1 N–H and O–H groups in total. The molecule has 94 valence electrons. The zero-order valence-electron chi connectivity index (χ0n) is 9.73. The van der Waals surface area contributed by atoms with Crippen LogP contribution in [-0.4, -0.2) is 28.6 Å². The lowest BCUT2D eigenvalue weighted by atomic mass is 9.93. The van der Waals surface area contributed by atoms with E-state index in [1.165, 1.54) is 4.88 Å². The number of nitrogens with zero attached hydrogens (tertiary/aromatic N) is 1. The normalized spacial score (nSPS) is 26.0. The maximum absolute atomic E-state index is 11.0. The van der Waals surface area contributed by atoms with Crippen molar-refractivity contribution in [2.24, 2.45) is 5.92 Å².